The van der Waals surface area contributed by atoms with E-state index in [1.54, 1.807) is 0 Å². The molecule has 0 aromatic heterocycles. The average Bonchev–Trinajstić information content (AvgIpc) is 2.43. The van der Waals surface area contributed by atoms with Gasteiger partial charge in [-0.25, -0.2) is 0 Å². The molecule has 3 heteroatoms. The highest BCUT2D eigenvalue weighted by molar-refractivity contribution is 4.87. The fourth-order valence-corrected chi connectivity index (χ4v) is 3.42. The highest BCUT2D eigenvalue weighted by atomic mass is 16.3. The molecule has 0 aromatic rings. The maximum atomic E-state index is 9.17. The van der Waals surface area contributed by atoms with Crippen LogP contribution in [0.1, 0.15) is 66.7 Å². The fraction of sp³-hybridized carbons (Fsp3) is 1.00. The molecule has 1 saturated heterocycles. The Labute approximate surface area is 132 Å². The molecule has 3 nitrogen and oxygen atoms in total. The van der Waals surface area contributed by atoms with Gasteiger partial charge in [-0.05, 0) is 70.8 Å². The topological polar surface area (TPSA) is 35.5 Å². The summed E-state index contributed by atoms with van der Waals surface area (Å²) in [6.45, 7) is 16.5. The predicted molar refractivity (Wildman–Crippen MR) is 91.6 cm³/mol. The van der Waals surface area contributed by atoms with E-state index in [0.717, 1.165) is 13.0 Å². The van der Waals surface area contributed by atoms with Gasteiger partial charge in [0.25, 0.3) is 0 Å². The fourth-order valence-electron chi connectivity index (χ4n) is 3.42. The van der Waals surface area contributed by atoms with Crippen LogP contribution in [0.25, 0.3) is 0 Å². The van der Waals surface area contributed by atoms with E-state index in [4.69, 9.17) is 0 Å². The van der Waals surface area contributed by atoms with Crippen LogP contribution < -0.4 is 5.32 Å². The van der Waals surface area contributed by atoms with Crippen molar-refractivity contribution < 1.29 is 5.11 Å². The van der Waals surface area contributed by atoms with E-state index in [1.165, 1.54) is 45.3 Å². The molecule has 0 aromatic carbocycles. The van der Waals surface area contributed by atoms with Crippen LogP contribution in [0, 0.1) is 11.3 Å². The second-order valence-electron chi connectivity index (χ2n) is 8.07. The summed E-state index contributed by atoms with van der Waals surface area (Å²) in [6, 6.07) is 0. The van der Waals surface area contributed by atoms with Crippen molar-refractivity contribution in [1.29, 1.82) is 0 Å². The Balaban J connectivity index is 2.59. The zero-order valence-corrected chi connectivity index (χ0v) is 15.0. The average molecular weight is 299 g/mol. The summed E-state index contributed by atoms with van der Waals surface area (Å²) in [6.07, 6.45) is 6.02. The Morgan fingerprint density at radius 2 is 1.86 bits per heavy atom. The van der Waals surface area contributed by atoms with Gasteiger partial charge in [0.05, 0.1) is 0 Å². The molecule has 1 atom stereocenters. The SMILES string of the molecule is CCC(CC)(CNC(C)(C)C)CN1CCCC(CCO)C1. The van der Waals surface area contributed by atoms with Gasteiger partial charge in [0, 0.05) is 31.8 Å². The predicted octanol–water partition coefficient (Wildman–Crippen LogP) is 3.28. The van der Waals surface area contributed by atoms with Gasteiger partial charge in [0.1, 0.15) is 0 Å². The Kier molecular flexibility index (Phi) is 7.66. The zero-order chi connectivity index (χ0) is 15.9. The van der Waals surface area contributed by atoms with E-state index < -0.39 is 0 Å². The largest absolute Gasteiger partial charge is 0.396 e. The molecule has 1 rings (SSSR count). The molecule has 0 saturated carbocycles. The van der Waals surface area contributed by atoms with E-state index >= 15 is 0 Å². The smallest absolute Gasteiger partial charge is 0.0434 e. The lowest BCUT2D eigenvalue weighted by Gasteiger charge is -2.42. The third kappa shape index (κ3) is 6.66. The molecule has 1 fully saturated rings. The van der Waals surface area contributed by atoms with Gasteiger partial charge in [-0.2, -0.15) is 0 Å². The molecule has 1 aliphatic heterocycles. The second-order valence-corrected chi connectivity index (χ2v) is 8.07. The molecule has 2 N–H and O–H groups in total. The van der Waals surface area contributed by atoms with Crippen molar-refractivity contribution >= 4 is 0 Å². The van der Waals surface area contributed by atoms with E-state index in [2.05, 4.69) is 44.8 Å². The van der Waals surface area contributed by atoms with Gasteiger partial charge in [0.15, 0.2) is 0 Å². The summed E-state index contributed by atoms with van der Waals surface area (Å²) in [5.74, 6) is 0.700. The number of aliphatic hydroxyl groups excluding tert-OH is 1. The normalized spacial score (nSPS) is 21.7. The zero-order valence-electron chi connectivity index (χ0n) is 15.0. The number of piperidine rings is 1. The molecule has 1 aliphatic rings. The number of hydrogen-bond donors (Lipinski definition) is 2. The molecular formula is C18H38N2O. The van der Waals surface area contributed by atoms with Crippen LogP contribution in [-0.4, -0.2) is 48.3 Å². The van der Waals surface area contributed by atoms with E-state index in [0.29, 0.717) is 17.9 Å². The number of nitrogens with one attached hydrogen (secondary N) is 1. The number of nitrogens with zero attached hydrogens (tertiary/aromatic N) is 1. The van der Waals surface area contributed by atoms with E-state index in [9.17, 15) is 5.11 Å². The highest BCUT2D eigenvalue weighted by Gasteiger charge is 2.31. The number of rotatable bonds is 8. The maximum absolute atomic E-state index is 9.17. The van der Waals surface area contributed by atoms with E-state index in [-0.39, 0.29) is 5.54 Å². The minimum atomic E-state index is 0.191. The first-order chi connectivity index (χ1) is 9.84. The van der Waals surface area contributed by atoms with Gasteiger partial charge >= 0.3 is 0 Å². The molecule has 0 bridgehead atoms. The van der Waals surface area contributed by atoms with Gasteiger partial charge in [-0.1, -0.05) is 13.8 Å². The first-order valence-electron chi connectivity index (χ1n) is 8.92. The third-order valence-corrected chi connectivity index (χ3v) is 5.19. The van der Waals surface area contributed by atoms with Crippen molar-refractivity contribution in [1.82, 2.24) is 10.2 Å². The summed E-state index contributed by atoms with van der Waals surface area (Å²) in [4.78, 5) is 2.65. The summed E-state index contributed by atoms with van der Waals surface area (Å²) in [5, 5.41) is 12.9. The second kappa shape index (κ2) is 8.50. The maximum Gasteiger partial charge on any atom is 0.0434 e. The van der Waals surface area contributed by atoms with Crippen molar-refractivity contribution in [3.63, 3.8) is 0 Å². The lowest BCUT2D eigenvalue weighted by atomic mass is 9.80. The summed E-state index contributed by atoms with van der Waals surface area (Å²) >= 11 is 0. The standard InChI is InChI=1S/C18H38N2O/c1-6-18(7-2,14-19-17(3,4)5)15-20-11-8-9-16(13-20)10-12-21/h16,19,21H,6-15H2,1-5H3. The van der Waals surface area contributed by atoms with Crippen LogP contribution in [0.5, 0.6) is 0 Å². The van der Waals surface area contributed by atoms with Crippen molar-refractivity contribution in [2.45, 2.75) is 72.3 Å². The molecule has 0 aliphatic carbocycles. The lowest BCUT2D eigenvalue weighted by Crippen LogP contribution is -2.50. The van der Waals surface area contributed by atoms with Crippen LogP contribution in [0.15, 0.2) is 0 Å². The molecule has 126 valence electrons. The first kappa shape index (κ1) is 18.9. The Morgan fingerprint density at radius 3 is 2.38 bits per heavy atom. The third-order valence-electron chi connectivity index (χ3n) is 5.19. The van der Waals surface area contributed by atoms with Crippen LogP contribution >= 0.6 is 0 Å². The lowest BCUT2D eigenvalue weighted by molar-refractivity contribution is 0.0813. The monoisotopic (exact) mass is 298 g/mol. The van der Waals surface area contributed by atoms with Crippen molar-refractivity contribution in [2.24, 2.45) is 11.3 Å². The minimum Gasteiger partial charge on any atom is -0.396 e. The highest BCUT2D eigenvalue weighted by Crippen LogP contribution is 2.30. The number of likely N-dealkylation sites (tertiary alicyclic amines) is 1. The first-order valence-corrected chi connectivity index (χ1v) is 8.92. The van der Waals surface area contributed by atoms with Crippen LogP contribution in [0.2, 0.25) is 0 Å². The summed E-state index contributed by atoms with van der Waals surface area (Å²) in [5.41, 5.74) is 0.575. The van der Waals surface area contributed by atoms with Crippen LogP contribution in [-0.2, 0) is 0 Å². The van der Waals surface area contributed by atoms with Crippen LogP contribution in [0.4, 0.5) is 0 Å². The Morgan fingerprint density at radius 1 is 1.19 bits per heavy atom. The summed E-state index contributed by atoms with van der Waals surface area (Å²) < 4.78 is 0. The molecule has 0 amide bonds. The van der Waals surface area contributed by atoms with Gasteiger partial charge < -0.3 is 15.3 Å². The number of aliphatic hydroxyl groups is 1. The van der Waals surface area contributed by atoms with Crippen molar-refractivity contribution in [3.8, 4) is 0 Å². The Bertz CT molecular complexity index is 279. The van der Waals surface area contributed by atoms with Crippen LogP contribution in [0.3, 0.4) is 0 Å². The summed E-state index contributed by atoms with van der Waals surface area (Å²) in [7, 11) is 0. The van der Waals surface area contributed by atoms with Gasteiger partial charge in [0.2, 0.25) is 0 Å². The molecule has 1 heterocycles. The van der Waals surface area contributed by atoms with Crippen molar-refractivity contribution in [2.75, 3.05) is 32.8 Å². The minimum absolute atomic E-state index is 0.191. The van der Waals surface area contributed by atoms with Crippen molar-refractivity contribution in [3.05, 3.63) is 0 Å². The molecule has 0 radical (unpaired) electrons. The van der Waals surface area contributed by atoms with E-state index in [1.807, 2.05) is 0 Å². The molecular weight excluding hydrogens is 260 g/mol. The quantitative estimate of drug-likeness (QED) is 0.722. The van der Waals surface area contributed by atoms with Gasteiger partial charge in [-0.15, -0.1) is 0 Å². The van der Waals surface area contributed by atoms with Gasteiger partial charge in [-0.3, -0.25) is 0 Å². The molecule has 1 unspecified atom stereocenters. The molecule has 21 heavy (non-hydrogen) atoms. The molecule has 0 spiro atoms. The Hall–Kier alpha value is -0.120. The number of hydrogen-bond acceptors (Lipinski definition) is 3.